The van der Waals surface area contributed by atoms with Gasteiger partial charge in [0.05, 0.1) is 24.7 Å². The molecule has 0 bridgehead atoms. The highest BCUT2D eigenvalue weighted by Crippen LogP contribution is 2.52. The zero-order chi connectivity index (χ0) is 16.9. The van der Waals surface area contributed by atoms with E-state index >= 15 is 0 Å². The molecule has 2 heterocycles. The molecule has 3 aliphatic rings. The lowest BCUT2D eigenvalue weighted by molar-refractivity contribution is -0.169. The largest absolute Gasteiger partial charge is 0.393 e. The second kappa shape index (κ2) is 5.12. The van der Waals surface area contributed by atoms with Gasteiger partial charge in [0.25, 0.3) is 0 Å². The summed E-state index contributed by atoms with van der Waals surface area (Å²) in [4.78, 5) is 47.8. The van der Waals surface area contributed by atoms with Crippen LogP contribution in [-0.4, -0.2) is 23.9 Å². The molecule has 122 valence electrons. The van der Waals surface area contributed by atoms with Crippen LogP contribution in [0.4, 0.5) is 0 Å². The maximum absolute atomic E-state index is 12.2. The molecule has 1 spiro atoms. The Balaban J connectivity index is 1.86. The number of allylic oxidation sites excluding steroid dienone is 1. The number of hydrogen-bond acceptors (Lipinski definition) is 6. The van der Waals surface area contributed by atoms with Crippen LogP contribution < -0.4 is 0 Å². The first-order chi connectivity index (χ1) is 11.5. The fourth-order valence-electron chi connectivity index (χ4n) is 3.98. The monoisotopic (exact) mass is 326 g/mol. The minimum atomic E-state index is -0.803. The summed E-state index contributed by atoms with van der Waals surface area (Å²) >= 11 is 0. The number of hydrogen-bond donors (Lipinski definition) is 0. The van der Waals surface area contributed by atoms with Crippen molar-refractivity contribution in [3.8, 4) is 0 Å². The van der Waals surface area contributed by atoms with Crippen LogP contribution in [0.1, 0.15) is 24.8 Å². The SMILES string of the molecule is O=C1CC2(C=C(c3ccccc3)C3C(=O)OC(=O)C3C2)CC(=O)O1. The van der Waals surface area contributed by atoms with Crippen molar-refractivity contribution in [2.24, 2.45) is 17.3 Å². The third-order valence-electron chi connectivity index (χ3n) is 4.91. The Kier molecular flexibility index (Phi) is 3.16. The Morgan fingerprint density at radius 1 is 0.875 bits per heavy atom. The van der Waals surface area contributed by atoms with Crippen molar-refractivity contribution in [3.63, 3.8) is 0 Å². The molecule has 4 rings (SSSR count). The van der Waals surface area contributed by atoms with Crippen molar-refractivity contribution < 1.29 is 28.7 Å². The summed E-state index contributed by atoms with van der Waals surface area (Å²) in [6, 6.07) is 9.17. The predicted molar refractivity (Wildman–Crippen MR) is 79.9 cm³/mol. The fourth-order valence-corrected chi connectivity index (χ4v) is 3.98. The van der Waals surface area contributed by atoms with Gasteiger partial charge in [0, 0.05) is 5.41 Å². The van der Waals surface area contributed by atoms with Crippen molar-refractivity contribution in [2.45, 2.75) is 19.3 Å². The molecule has 2 fully saturated rings. The first-order valence-electron chi connectivity index (χ1n) is 7.75. The van der Waals surface area contributed by atoms with Gasteiger partial charge in [-0.05, 0) is 17.6 Å². The average molecular weight is 326 g/mol. The zero-order valence-corrected chi connectivity index (χ0v) is 12.7. The quantitative estimate of drug-likeness (QED) is 0.576. The number of ether oxygens (including phenoxy) is 2. The Morgan fingerprint density at radius 3 is 2.21 bits per heavy atom. The van der Waals surface area contributed by atoms with E-state index in [9.17, 15) is 19.2 Å². The van der Waals surface area contributed by atoms with Crippen LogP contribution in [0.25, 0.3) is 5.57 Å². The molecule has 1 aliphatic carbocycles. The van der Waals surface area contributed by atoms with E-state index in [1.165, 1.54) is 0 Å². The van der Waals surface area contributed by atoms with E-state index in [0.29, 0.717) is 5.57 Å². The summed E-state index contributed by atoms with van der Waals surface area (Å²) in [6.45, 7) is 0. The van der Waals surface area contributed by atoms with Gasteiger partial charge in [-0.15, -0.1) is 0 Å². The Bertz CT molecular complexity index is 775. The van der Waals surface area contributed by atoms with Crippen molar-refractivity contribution in [2.75, 3.05) is 0 Å². The van der Waals surface area contributed by atoms with Gasteiger partial charge in [0.2, 0.25) is 0 Å². The van der Waals surface area contributed by atoms with Gasteiger partial charge < -0.3 is 9.47 Å². The second-order valence-corrected chi connectivity index (χ2v) is 6.56. The van der Waals surface area contributed by atoms with Crippen LogP contribution in [-0.2, 0) is 28.7 Å². The molecule has 0 N–H and O–H groups in total. The first-order valence-corrected chi connectivity index (χ1v) is 7.75. The molecular formula is C18H14O6. The summed E-state index contributed by atoms with van der Waals surface area (Å²) in [5.41, 5.74) is 0.623. The maximum Gasteiger partial charge on any atom is 0.321 e. The zero-order valence-electron chi connectivity index (χ0n) is 12.7. The minimum Gasteiger partial charge on any atom is -0.393 e. The highest BCUT2D eigenvalue weighted by atomic mass is 16.6. The Morgan fingerprint density at radius 2 is 1.54 bits per heavy atom. The Hall–Kier alpha value is -2.76. The lowest BCUT2D eigenvalue weighted by Crippen LogP contribution is -2.41. The van der Waals surface area contributed by atoms with Gasteiger partial charge in [-0.3, -0.25) is 19.2 Å². The van der Waals surface area contributed by atoms with Gasteiger partial charge in [-0.25, -0.2) is 0 Å². The molecule has 24 heavy (non-hydrogen) atoms. The molecule has 2 saturated heterocycles. The molecule has 2 atom stereocenters. The van der Waals surface area contributed by atoms with E-state index < -0.39 is 41.1 Å². The molecule has 2 aliphatic heterocycles. The molecule has 1 aromatic rings. The van der Waals surface area contributed by atoms with Gasteiger partial charge >= 0.3 is 23.9 Å². The van der Waals surface area contributed by atoms with Crippen LogP contribution in [0.2, 0.25) is 0 Å². The van der Waals surface area contributed by atoms with Crippen LogP contribution in [0, 0.1) is 17.3 Å². The number of carbonyl (C=O) groups excluding carboxylic acids is 4. The summed E-state index contributed by atoms with van der Waals surface area (Å²) in [5.74, 6) is -3.72. The molecule has 6 heteroatoms. The third kappa shape index (κ3) is 2.26. The van der Waals surface area contributed by atoms with E-state index in [1.807, 2.05) is 36.4 Å². The number of esters is 4. The van der Waals surface area contributed by atoms with Gasteiger partial charge in [0.15, 0.2) is 0 Å². The maximum atomic E-state index is 12.2. The fraction of sp³-hybridized carbons (Fsp3) is 0.333. The van der Waals surface area contributed by atoms with Crippen LogP contribution in [0.5, 0.6) is 0 Å². The van der Waals surface area contributed by atoms with E-state index in [0.717, 1.165) is 5.56 Å². The number of cyclic esters (lactones) is 4. The minimum absolute atomic E-state index is 0.0137. The highest BCUT2D eigenvalue weighted by molar-refractivity contribution is 6.05. The van der Waals surface area contributed by atoms with E-state index in [1.54, 1.807) is 0 Å². The first kappa shape index (κ1) is 14.8. The normalized spacial score (nSPS) is 28.2. The predicted octanol–water partition coefficient (Wildman–Crippen LogP) is 1.64. The van der Waals surface area contributed by atoms with E-state index in [4.69, 9.17) is 4.74 Å². The van der Waals surface area contributed by atoms with E-state index in [2.05, 4.69) is 4.74 Å². The lowest BCUT2D eigenvalue weighted by Gasteiger charge is -2.39. The average Bonchev–Trinajstić information content (AvgIpc) is 2.80. The van der Waals surface area contributed by atoms with Gasteiger partial charge in [-0.2, -0.15) is 0 Å². The number of rotatable bonds is 1. The van der Waals surface area contributed by atoms with E-state index in [-0.39, 0.29) is 19.3 Å². The second-order valence-electron chi connectivity index (χ2n) is 6.56. The number of fused-ring (bicyclic) bond motifs is 1. The molecular weight excluding hydrogens is 312 g/mol. The summed E-state index contributed by atoms with van der Waals surface area (Å²) in [6.07, 6.45) is 2.07. The van der Waals surface area contributed by atoms with Gasteiger partial charge in [0.1, 0.15) is 0 Å². The smallest absolute Gasteiger partial charge is 0.321 e. The molecule has 1 aromatic carbocycles. The summed E-state index contributed by atoms with van der Waals surface area (Å²) < 4.78 is 9.45. The third-order valence-corrected chi connectivity index (χ3v) is 4.91. The van der Waals surface area contributed by atoms with Crippen LogP contribution in [0.15, 0.2) is 36.4 Å². The molecule has 0 radical (unpaired) electrons. The van der Waals surface area contributed by atoms with Gasteiger partial charge in [-0.1, -0.05) is 36.4 Å². The van der Waals surface area contributed by atoms with Crippen LogP contribution in [0.3, 0.4) is 0 Å². The molecule has 0 aromatic heterocycles. The van der Waals surface area contributed by atoms with Crippen molar-refractivity contribution in [1.82, 2.24) is 0 Å². The van der Waals surface area contributed by atoms with Crippen LogP contribution >= 0.6 is 0 Å². The lowest BCUT2D eigenvalue weighted by atomic mass is 9.63. The number of benzene rings is 1. The topological polar surface area (TPSA) is 86.7 Å². The highest BCUT2D eigenvalue weighted by Gasteiger charge is 2.55. The summed E-state index contributed by atoms with van der Waals surface area (Å²) in [5, 5.41) is 0. The van der Waals surface area contributed by atoms with Crippen molar-refractivity contribution in [3.05, 3.63) is 42.0 Å². The number of carbonyl (C=O) groups is 4. The molecule has 2 unspecified atom stereocenters. The molecule has 0 amide bonds. The Labute approximate surface area is 137 Å². The molecule has 0 saturated carbocycles. The van der Waals surface area contributed by atoms with Crippen molar-refractivity contribution in [1.29, 1.82) is 0 Å². The van der Waals surface area contributed by atoms with Crippen molar-refractivity contribution >= 4 is 29.5 Å². The standard InChI is InChI=1S/C18H14O6/c19-13-8-18(9-14(20)23-13)6-11(10-4-2-1-3-5-10)15-12(7-18)16(21)24-17(15)22/h1-6,12,15H,7-9H2. The molecule has 6 nitrogen and oxygen atoms in total. The summed E-state index contributed by atoms with van der Waals surface area (Å²) in [7, 11) is 0.